The van der Waals surface area contributed by atoms with E-state index in [9.17, 15) is 0 Å². The van der Waals surface area contributed by atoms with Gasteiger partial charge in [0.2, 0.25) is 0 Å². The summed E-state index contributed by atoms with van der Waals surface area (Å²) >= 11 is 0. The number of allylic oxidation sites excluding steroid dienone is 1. The SMILES string of the molecule is C=CC(C)C[Si](C)(C)c1ccccc1[Si](C)(C)c1ccccc1. The highest BCUT2D eigenvalue weighted by Gasteiger charge is 2.34. The second-order valence-electron chi connectivity index (χ2n) is 7.84. The maximum atomic E-state index is 3.99. The minimum Gasteiger partial charge on any atom is -0.103 e. The molecule has 0 aliphatic rings. The summed E-state index contributed by atoms with van der Waals surface area (Å²) in [4.78, 5) is 0. The molecule has 1 unspecified atom stereocenters. The maximum Gasteiger partial charge on any atom is 0.112 e. The summed E-state index contributed by atoms with van der Waals surface area (Å²) in [7, 11) is -3.15. The van der Waals surface area contributed by atoms with Crippen LogP contribution in [0.25, 0.3) is 0 Å². The summed E-state index contributed by atoms with van der Waals surface area (Å²) in [6, 6.07) is 21.6. The van der Waals surface area contributed by atoms with E-state index in [1.807, 2.05) is 0 Å². The summed E-state index contributed by atoms with van der Waals surface area (Å²) in [5.41, 5.74) is 0. The van der Waals surface area contributed by atoms with Gasteiger partial charge in [-0.3, -0.25) is 0 Å². The first-order chi connectivity index (χ1) is 10.8. The molecule has 23 heavy (non-hydrogen) atoms. The molecule has 0 N–H and O–H groups in total. The Morgan fingerprint density at radius 1 is 0.870 bits per heavy atom. The van der Waals surface area contributed by atoms with Crippen molar-refractivity contribution in [3.05, 3.63) is 67.3 Å². The zero-order valence-corrected chi connectivity index (χ0v) is 17.3. The van der Waals surface area contributed by atoms with Gasteiger partial charge in [-0.05, 0) is 12.0 Å². The van der Waals surface area contributed by atoms with Crippen LogP contribution in [0, 0.1) is 5.92 Å². The van der Waals surface area contributed by atoms with Crippen LogP contribution in [-0.2, 0) is 0 Å². The van der Waals surface area contributed by atoms with Crippen LogP contribution in [0.5, 0.6) is 0 Å². The average Bonchev–Trinajstić information content (AvgIpc) is 2.55. The molecule has 0 bridgehead atoms. The molecule has 2 heteroatoms. The summed E-state index contributed by atoms with van der Waals surface area (Å²) in [6.07, 6.45) is 2.11. The van der Waals surface area contributed by atoms with Gasteiger partial charge in [0.05, 0.1) is 8.07 Å². The van der Waals surface area contributed by atoms with E-state index in [2.05, 4.69) is 100 Å². The fraction of sp³-hybridized carbons (Fsp3) is 0.333. The lowest BCUT2D eigenvalue weighted by molar-refractivity contribution is 0.816. The predicted molar refractivity (Wildman–Crippen MR) is 111 cm³/mol. The molecule has 0 radical (unpaired) electrons. The standard InChI is InChI=1S/C21H30Si2/c1-7-18(2)17-22(3,4)20-15-11-12-16-21(20)23(5,6)19-13-9-8-10-14-19/h7-16,18H,1,17H2,2-6H3. The third kappa shape index (κ3) is 3.93. The van der Waals surface area contributed by atoms with E-state index in [4.69, 9.17) is 0 Å². The van der Waals surface area contributed by atoms with Crippen molar-refractivity contribution in [2.75, 3.05) is 0 Å². The Labute approximate surface area is 144 Å². The van der Waals surface area contributed by atoms with Crippen molar-refractivity contribution in [1.82, 2.24) is 0 Å². The van der Waals surface area contributed by atoms with Crippen molar-refractivity contribution >= 4 is 31.7 Å². The van der Waals surface area contributed by atoms with Gasteiger partial charge in [0.25, 0.3) is 0 Å². The number of benzene rings is 2. The fourth-order valence-electron chi connectivity index (χ4n) is 3.63. The van der Waals surface area contributed by atoms with Crippen LogP contribution in [0.2, 0.25) is 32.2 Å². The van der Waals surface area contributed by atoms with Crippen molar-refractivity contribution in [3.8, 4) is 0 Å². The van der Waals surface area contributed by atoms with Gasteiger partial charge in [-0.15, -0.1) is 6.58 Å². The minimum absolute atomic E-state index is 0.589. The monoisotopic (exact) mass is 338 g/mol. The van der Waals surface area contributed by atoms with Crippen LogP contribution < -0.4 is 15.6 Å². The molecule has 0 heterocycles. The summed E-state index contributed by atoms with van der Waals surface area (Å²) in [5.74, 6) is 0.589. The second kappa shape index (κ2) is 7.02. The summed E-state index contributed by atoms with van der Waals surface area (Å²) in [5, 5.41) is 4.79. The molecule has 0 saturated heterocycles. The van der Waals surface area contributed by atoms with E-state index in [1.165, 1.54) is 11.2 Å². The molecule has 0 amide bonds. The smallest absolute Gasteiger partial charge is 0.103 e. The predicted octanol–water partition coefficient (Wildman–Crippen LogP) is 4.25. The van der Waals surface area contributed by atoms with Crippen LogP contribution in [0.1, 0.15) is 6.92 Å². The molecule has 0 aliphatic carbocycles. The Hall–Kier alpha value is -1.39. The zero-order chi connectivity index (χ0) is 17.1. The lowest BCUT2D eigenvalue weighted by Crippen LogP contribution is -2.63. The van der Waals surface area contributed by atoms with Crippen molar-refractivity contribution in [2.45, 2.75) is 39.2 Å². The summed E-state index contributed by atoms with van der Waals surface area (Å²) in [6.45, 7) is 16.3. The normalized spacial score (nSPS) is 13.6. The molecule has 122 valence electrons. The van der Waals surface area contributed by atoms with Crippen LogP contribution >= 0.6 is 0 Å². The Morgan fingerprint density at radius 2 is 1.39 bits per heavy atom. The van der Waals surface area contributed by atoms with Gasteiger partial charge in [-0.25, -0.2) is 0 Å². The van der Waals surface area contributed by atoms with Gasteiger partial charge in [-0.2, -0.15) is 0 Å². The quantitative estimate of drug-likeness (QED) is 0.546. The van der Waals surface area contributed by atoms with E-state index in [1.54, 1.807) is 10.4 Å². The third-order valence-corrected chi connectivity index (χ3v) is 12.4. The highest BCUT2D eigenvalue weighted by Crippen LogP contribution is 2.18. The van der Waals surface area contributed by atoms with E-state index in [-0.39, 0.29) is 0 Å². The van der Waals surface area contributed by atoms with E-state index in [0.29, 0.717) is 5.92 Å². The number of hydrogen-bond donors (Lipinski definition) is 0. The Bertz CT molecular complexity index is 657. The van der Waals surface area contributed by atoms with Crippen molar-refractivity contribution in [2.24, 2.45) is 5.92 Å². The highest BCUT2D eigenvalue weighted by molar-refractivity contribution is 7.05. The zero-order valence-electron chi connectivity index (χ0n) is 15.3. The number of hydrogen-bond acceptors (Lipinski definition) is 0. The first-order valence-corrected chi connectivity index (χ1v) is 14.8. The minimum atomic E-state index is -1.66. The largest absolute Gasteiger partial charge is 0.112 e. The highest BCUT2D eigenvalue weighted by atomic mass is 28.3. The van der Waals surface area contributed by atoms with E-state index < -0.39 is 16.1 Å². The second-order valence-corrected chi connectivity index (χ2v) is 16.9. The topological polar surface area (TPSA) is 0 Å². The van der Waals surface area contributed by atoms with Gasteiger partial charge in [0.1, 0.15) is 8.07 Å². The fourth-order valence-corrected chi connectivity index (χ4v) is 11.5. The molecule has 0 saturated carbocycles. The van der Waals surface area contributed by atoms with Crippen molar-refractivity contribution < 1.29 is 0 Å². The first kappa shape index (κ1) is 18.0. The van der Waals surface area contributed by atoms with Crippen LogP contribution in [0.4, 0.5) is 0 Å². The maximum absolute atomic E-state index is 3.99. The van der Waals surface area contributed by atoms with Crippen molar-refractivity contribution in [1.29, 1.82) is 0 Å². The Kier molecular flexibility index (Phi) is 5.48. The molecule has 2 aromatic rings. The molecule has 0 spiro atoms. The van der Waals surface area contributed by atoms with E-state index >= 15 is 0 Å². The third-order valence-electron chi connectivity index (χ3n) is 5.06. The van der Waals surface area contributed by atoms with Gasteiger partial charge in [0, 0.05) is 0 Å². The molecule has 0 fully saturated rings. The molecule has 0 aromatic heterocycles. The first-order valence-electron chi connectivity index (χ1n) is 8.57. The molecular formula is C21H30Si2. The van der Waals surface area contributed by atoms with Crippen LogP contribution in [0.3, 0.4) is 0 Å². The molecule has 1 atom stereocenters. The molecule has 0 nitrogen and oxygen atoms in total. The lowest BCUT2D eigenvalue weighted by atomic mass is 10.2. The Balaban J connectivity index is 2.51. The van der Waals surface area contributed by atoms with Crippen molar-refractivity contribution in [3.63, 3.8) is 0 Å². The number of rotatable bonds is 6. The molecular weight excluding hydrogens is 308 g/mol. The van der Waals surface area contributed by atoms with Gasteiger partial charge in [0.15, 0.2) is 0 Å². The van der Waals surface area contributed by atoms with Gasteiger partial charge >= 0.3 is 0 Å². The van der Waals surface area contributed by atoms with Gasteiger partial charge < -0.3 is 0 Å². The van der Waals surface area contributed by atoms with E-state index in [0.717, 1.165) is 0 Å². The van der Waals surface area contributed by atoms with Crippen LogP contribution in [-0.4, -0.2) is 16.1 Å². The Morgan fingerprint density at radius 3 is 1.96 bits per heavy atom. The average molecular weight is 339 g/mol. The molecule has 0 aliphatic heterocycles. The van der Waals surface area contributed by atoms with Gasteiger partial charge in [-0.1, -0.05) is 109 Å². The molecule has 2 rings (SSSR count). The molecule has 2 aromatic carbocycles. The van der Waals surface area contributed by atoms with Crippen LogP contribution in [0.15, 0.2) is 67.3 Å². The summed E-state index contributed by atoms with van der Waals surface area (Å²) < 4.78 is 0. The lowest BCUT2D eigenvalue weighted by Gasteiger charge is -2.33.